The Morgan fingerprint density at radius 2 is 2.17 bits per heavy atom. The predicted octanol–water partition coefficient (Wildman–Crippen LogP) is 2.93. The number of amides is 1. The van der Waals surface area contributed by atoms with Gasteiger partial charge in [-0.3, -0.25) is 4.79 Å². The molecule has 4 nitrogen and oxygen atoms in total. The van der Waals surface area contributed by atoms with E-state index in [1.54, 1.807) is 12.1 Å². The van der Waals surface area contributed by atoms with E-state index in [2.05, 4.69) is 31.9 Å². The lowest BCUT2D eigenvalue weighted by Gasteiger charge is -2.04. The molecular formula is C13H15BrN2O2. The zero-order valence-electron chi connectivity index (χ0n) is 10.6. The first-order chi connectivity index (χ1) is 8.49. The number of hydrogen-bond donors (Lipinski definition) is 1. The summed E-state index contributed by atoms with van der Waals surface area (Å²) >= 11 is 3.17. The number of halogens is 1. The van der Waals surface area contributed by atoms with Crippen LogP contribution in [0.4, 0.5) is 0 Å². The van der Waals surface area contributed by atoms with E-state index in [0.717, 1.165) is 11.3 Å². The average Bonchev–Trinajstić information content (AvgIpc) is 2.87. The fourth-order valence-electron chi connectivity index (χ4n) is 1.81. The van der Waals surface area contributed by atoms with Crippen molar-refractivity contribution in [1.82, 2.24) is 9.88 Å². The third-order valence-electron chi connectivity index (χ3n) is 3.12. The summed E-state index contributed by atoms with van der Waals surface area (Å²) < 4.78 is 7.85. The number of carbonyl (C=O) groups is 1. The molecule has 0 aliphatic carbocycles. The molecule has 1 N–H and O–H groups in total. The van der Waals surface area contributed by atoms with Crippen LogP contribution in [0.5, 0.6) is 0 Å². The SMILES string of the molecule is Cc1cc(CNC(=O)c2ccc(Br)o2)c(C)n1C. The minimum absolute atomic E-state index is 0.207. The van der Waals surface area contributed by atoms with E-state index in [9.17, 15) is 4.79 Å². The second-order valence-corrected chi connectivity index (χ2v) is 5.02. The molecule has 2 aromatic rings. The van der Waals surface area contributed by atoms with Gasteiger partial charge in [0.25, 0.3) is 5.91 Å². The molecule has 18 heavy (non-hydrogen) atoms. The first-order valence-electron chi connectivity index (χ1n) is 5.64. The van der Waals surface area contributed by atoms with Crippen LogP contribution in [-0.2, 0) is 13.6 Å². The maximum absolute atomic E-state index is 11.8. The summed E-state index contributed by atoms with van der Waals surface area (Å²) in [5, 5.41) is 2.84. The van der Waals surface area contributed by atoms with E-state index >= 15 is 0 Å². The van der Waals surface area contributed by atoms with E-state index < -0.39 is 0 Å². The summed E-state index contributed by atoms with van der Waals surface area (Å²) in [4.78, 5) is 11.8. The Kier molecular flexibility index (Phi) is 3.61. The van der Waals surface area contributed by atoms with E-state index in [1.807, 2.05) is 20.9 Å². The molecule has 5 heteroatoms. The van der Waals surface area contributed by atoms with Gasteiger partial charge >= 0.3 is 0 Å². The summed E-state index contributed by atoms with van der Waals surface area (Å²) in [5.74, 6) is 0.105. The highest BCUT2D eigenvalue weighted by molar-refractivity contribution is 9.10. The molecule has 0 bridgehead atoms. The molecule has 0 aliphatic heterocycles. The van der Waals surface area contributed by atoms with Crippen LogP contribution in [0.1, 0.15) is 27.5 Å². The standard InChI is InChI=1S/C13H15BrN2O2/c1-8-6-10(9(2)16(8)3)7-15-13(17)11-4-5-12(14)18-11/h4-6H,7H2,1-3H3,(H,15,17). The van der Waals surface area contributed by atoms with Crippen LogP contribution in [0.15, 0.2) is 27.3 Å². The molecular weight excluding hydrogens is 296 g/mol. The number of aryl methyl sites for hydroxylation is 1. The Morgan fingerprint density at radius 1 is 1.44 bits per heavy atom. The van der Waals surface area contributed by atoms with Crippen LogP contribution in [0.25, 0.3) is 0 Å². The third kappa shape index (κ3) is 2.51. The molecule has 2 rings (SSSR count). The van der Waals surface area contributed by atoms with Crippen molar-refractivity contribution in [1.29, 1.82) is 0 Å². The van der Waals surface area contributed by atoms with Gasteiger partial charge in [0.05, 0.1) is 0 Å². The van der Waals surface area contributed by atoms with E-state index in [4.69, 9.17) is 4.42 Å². The summed E-state index contributed by atoms with van der Waals surface area (Å²) in [6, 6.07) is 5.42. The van der Waals surface area contributed by atoms with Gasteiger partial charge in [-0.15, -0.1) is 0 Å². The number of aromatic nitrogens is 1. The van der Waals surface area contributed by atoms with E-state index in [1.165, 1.54) is 5.69 Å². The Bertz CT molecular complexity index is 584. The maximum Gasteiger partial charge on any atom is 0.287 e. The molecule has 1 amide bonds. The van der Waals surface area contributed by atoms with Crippen molar-refractivity contribution < 1.29 is 9.21 Å². The van der Waals surface area contributed by atoms with Gasteiger partial charge in [0, 0.05) is 25.0 Å². The minimum atomic E-state index is -0.207. The van der Waals surface area contributed by atoms with Crippen LogP contribution in [-0.4, -0.2) is 10.5 Å². The quantitative estimate of drug-likeness (QED) is 0.947. The first-order valence-corrected chi connectivity index (χ1v) is 6.43. The Hall–Kier alpha value is -1.49. The third-order valence-corrected chi connectivity index (χ3v) is 3.54. The predicted molar refractivity (Wildman–Crippen MR) is 72.5 cm³/mol. The second kappa shape index (κ2) is 5.02. The number of rotatable bonds is 3. The van der Waals surface area contributed by atoms with Crippen molar-refractivity contribution in [3.63, 3.8) is 0 Å². The average molecular weight is 311 g/mol. The van der Waals surface area contributed by atoms with Gasteiger partial charge in [-0.1, -0.05) is 0 Å². The molecule has 0 spiro atoms. The molecule has 0 saturated heterocycles. The normalized spacial score (nSPS) is 10.7. The smallest absolute Gasteiger partial charge is 0.287 e. The van der Waals surface area contributed by atoms with Gasteiger partial charge in [0.1, 0.15) is 0 Å². The van der Waals surface area contributed by atoms with Crippen molar-refractivity contribution in [2.24, 2.45) is 7.05 Å². The second-order valence-electron chi connectivity index (χ2n) is 4.24. The molecule has 96 valence electrons. The van der Waals surface area contributed by atoms with Crippen molar-refractivity contribution in [2.75, 3.05) is 0 Å². The highest BCUT2D eigenvalue weighted by Crippen LogP contribution is 2.15. The maximum atomic E-state index is 11.8. The van der Waals surface area contributed by atoms with Gasteiger partial charge in [-0.25, -0.2) is 0 Å². The largest absolute Gasteiger partial charge is 0.444 e. The van der Waals surface area contributed by atoms with Crippen LogP contribution in [0.3, 0.4) is 0 Å². The highest BCUT2D eigenvalue weighted by Gasteiger charge is 2.12. The zero-order valence-corrected chi connectivity index (χ0v) is 12.2. The van der Waals surface area contributed by atoms with E-state index in [-0.39, 0.29) is 5.91 Å². The van der Waals surface area contributed by atoms with Crippen LogP contribution < -0.4 is 5.32 Å². The zero-order chi connectivity index (χ0) is 13.3. The van der Waals surface area contributed by atoms with Gasteiger partial charge in [-0.2, -0.15) is 0 Å². The topological polar surface area (TPSA) is 47.2 Å². The molecule has 0 unspecified atom stereocenters. The first kappa shape index (κ1) is 13.0. The van der Waals surface area contributed by atoms with Crippen molar-refractivity contribution in [3.8, 4) is 0 Å². The summed E-state index contributed by atoms with van der Waals surface area (Å²) in [5.41, 5.74) is 3.46. The molecule has 0 radical (unpaired) electrons. The Morgan fingerprint density at radius 3 is 2.67 bits per heavy atom. The van der Waals surface area contributed by atoms with Crippen molar-refractivity contribution in [3.05, 3.63) is 45.6 Å². The number of carbonyl (C=O) groups excluding carboxylic acids is 1. The van der Waals surface area contributed by atoms with Crippen molar-refractivity contribution >= 4 is 21.8 Å². The molecule has 0 atom stereocenters. The van der Waals surface area contributed by atoms with E-state index in [0.29, 0.717) is 17.0 Å². The van der Waals surface area contributed by atoms with Crippen LogP contribution in [0, 0.1) is 13.8 Å². The van der Waals surface area contributed by atoms with Gasteiger partial charge in [0.15, 0.2) is 10.4 Å². The van der Waals surface area contributed by atoms with Crippen molar-refractivity contribution in [2.45, 2.75) is 20.4 Å². The lowest BCUT2D eigenvalue weighted by Crippen LogP contribution is -2.22. The van der Waals surface area contributed by atoms with Gasteiger partial charge in [0.2, 0.25) is 0 Å². The number of nitrogens with zero attached hydrogens (tertiary/aromatic N) is 1. The van der Waals surface area contributed by atoms with Crippen LogP contribution >= 0.6 is 15.9 Å². The molecule has 0 fully saturated rings. The molecule has 2 heterocycles. The number of hydrogen-bond acceptors (Lipinski definition) is 2. The molecule has 0 saturated carbocycles. The highest BCUT2D eigenvalue weighted by atomic mass is 79.9. The molecule has 0 aromatic carbocycles. The monoisotopic (exact) mass is 310 g/mol. The van der Waals surface area contributed by atoms with Gasteiger partial charge in [-0.05, 0) is 53.5 Å². The summed E-state index contributed by atoms with van der Waals surface area (Å²) in [6.07, 6.45) is 0. The molecule has 0 aliphatic rings. The molecule has 2 aromatic heterocycles. The fourth-order valence-corrected chi connectivity index (χ4v) is 2.12. The number of furan rings is 1. The lowest BCUT2D eigenvalue weighted by molar-refractivity contribution is 0.0922. The van der Waals surface area contributed by atoms with Gasteiger partial charge < -0.3 is 14.3 Å². The minimum Gasteiger partial charge on any atom is -0.444 e. The van der Waals surface area contributed by atoms with Crippen LogP contribution in [0.2, 0.25) is 0 Å². The summed E-state index contributed by atoms with van der Waals surface area (Å²) in [6.45, 7) is 4.59. The Balaban J connectivity index is 2.03. The lowest BCUT2D eigenvalue weighted by atomic mass is 10.2. The summed E-state index contributed by atoms with van der Waals surface area (Å²) in [7, 11) is 2.01. The fraction of sp³-hybridized carbons (Fsp3) is 0.308. The number of nitrogens with one attached hydrogen (secondary N) is 1. The Labute approximate surface area is 114 Å².